The molecule has 0 aromatic heterocycles. The van der Waals surface area contributed by atoms with Gasteiger partial charge in [0.05, 0.1) is 6.61 Å². The predicted molar refractivity (Wildman–Crippen MR) is 87.7 cm³/mol. The number of ether oxygens (including phenoxy) is 1. The maximum atomic E-state index is 11.6. The summed E-state index contributed by atoms with van der Waals surface area (Å²) in [6.07, 6.45) is 0.336. The number of carbonyl (C=O) groups is 1. The second-order valence-electron chi connectivity index (χ2n) is 4.69. The Morgan fingerprint density at radius 2 is 1.22 bits per heavy atom. The van der Waals surface area contributed by atoms with E-state index in [-0.39, 0.29) is 6.61 Å². The molecule has 0 atom stereocenters. The topological polar surface area (TPSA) is 81.7 Å². The summed E-state index contributed by atoms with van der Waals surface area (Å²) in [5.74, 6) is -0.470. The van der Waals surface area contributed by atoms with Gasteiger partial charge in [0, 0.05) is 48.2 Å². The number of rotatable bonds is 12. The highest BCUT2D eigenvalue weighted by Crippen LogP contribution is 2.37. The van der Waals surface area contributed by atoms with Crippen molar-refractivity contribution in [1.29, 1.82) is 0 Å². The molecule has 0 saturated carbocycles. The minimum atomic E-state index is -3.17. The summed E-state index contributed by atoms with van der Waals surface area (Å²) in [4.78, 5) is 11.6. The van der Waals surface area contributed by atoms with Crippen LogP contribution in [0.1, 0.15) is 13.3 Å². The second kappa shape index (κ2) is 10.3. The molecule has 10 heteroatoms. The Bertz CT molecular complexity index is 346. The average Bonchev–Trinajstić information content (AvgIpc) is 2.58. The second-order valence-corrected chi connectivity index (χ2v) is 11.5. The molecule has 0 fully saturated rings. The molecule has 0 spiro atoms. The van der Waals surface area contributed by atoms with E-state index >= 15 is 0 Å². The minimum Gasteiger partial charge on any atom is -0.462 e. The highest BCUT2D eigenvalue weighted by molar-refractivity contribution is 6.82. The summed E-state index contributed by atoms with van der Waals surface area (Å²) < 4.78 is 38.4. The van der Waals surface area contributed by atoms with Gasteiger partial charge in [0.1, 0.15) is 5.16 Å². The van der Waals surface area contributed by atoms with Gasteiger partial charge in [-0.3, -0.25) is 0 Å². The van der Waals surface area contributed by atoms with Crippen molar-refractivity contribution in [1.82, 2.24) is 0 Å². The van der Waals surface area contributed by atoms with Crippen molar-refractivity contribution in [3.8, 4) is 0 Å². The fourth-order valence-corrected chi connectivity index (χ4v) is 9.82. The monoisotopic (exact) mass is 368 g/mol. The van der Waals surface area contributed by atoms with Crippen LogP contribution in [0.2, 0.25) is 5.16 Å². The molecular formula is C13H28O8Si2. The third kappa shape index (κ3) is 5.19. The predicted octanol–water partition coefficient (Wildman–Crippen LogP) is 1.16. The largest absolute Gasteiger partial charge is 0.508 e. The van der Waals surface area contributed by atoms with Crippen molar-refractivity contribution in [2.45, 2.75) is 18.5 Å². The first kappa shape index (κ1) is 22.4. The van der Waals surface area contributed by atoms with E-state index in [1.165, 1.54) is 42.7 Å². The van der Waals surface area contributed by atoms with Crippen LogP contribution in [0.3, 0.4) is 0 Å². The van der Waals surface area contributed by atoms with Crippen molar-refractivity contribution in [2.75, 3.05) is 49.3 Å². The molecule has 0 bridgehead atoms. The minimum absolute atomic E-state index is 0.103. The summed E-state index contributed by atoms with van der Waals surface area (Å²) in [6, 6.07) is 0. The fraction of sp³-hybridized carbons (Fsp3) is 0.769. The van der Waals surface area contributed by atoms with Crippen LogP contribution in [0.25, 0.3) is 0 Å². The summed E-state index contributed by atoms with van der Waals surface area (Å²) in [7, 11) is 2.61. The standard InChI is InChI=1S/C13H28O8Si2/c1-11(2)13(14)21-10-9-12(22(15-3,16-4)17-5)23(18-6,19-7)20-8/h12H,1,9-10H2,2-8H3. The lowest BCUT2D eigenvalue weighted by Crippen LogP contribution is -2.62. The van der Waals surface area contributed by atoms with E-state index in [1.807, 2.05) is 0 Å². The van der Waals surface area contributed by atoms with Gasteiger partial charge < -0.3 is 31.3 Å². The Hall–Kier alpha value is -0.596. The Morgan fingerprint density at radius 3 is 1.48 bits per heavy atom. The van der Waals surface area contributed by atoms with Gasteiger partial charge in [-0.2, -0.15) is 0 Å². The van der Waals surface area contributed by atoms with Crippen molar-refractivity contribution < 1.29 is 36.1 Å². The third-order valence-corrected chi connectivity index (χ3v) is 11.4. The molecule has 0 saturated heterocycles. The van der Waals surface area contributed by atoms with Crippen molar-refractivity contribution in [2.24, 2.45) is 0 Å². The van der Waals surface area contributed by atoms with Crippen LogP contribution in [-0.2, 0) is 36.1 Å². The Morgan fingerprint density at radius 1 is 0.870 bits per heavy atom. The smallest absolute Gasteiger partial charge is 0.462 e. The van der Waals surface area contributed by atoms with E-state index in [9.17, 15) is 4.79 Å². The molecule has 0 aliphatic rings. The molecule has 136 valence electrons. The van der Waals surface area contributed by atoms with E-state index in [1.54, 1.807) is 6.92 Å². The van der Waals surface area contributed by atoms with Crippen LogP contribution in [-0.4, -0.2) is 72.8 Å². The summed E-state index contributed by atoms with van der Waals surface area (Å²) in [6.45, 7) is 5.23. The van der Waals surface area contributed by atoms with Gasteiger partial charge in [0.25, 0.3) is 0 Å². The molecule has 0 unspecified atom stereocenters. The number of hydrogen-bond acceptors (Lipinski definition) is 8. The van der Waals surface area contributed by atoms with Gasteiger partial charge in [0.15, 0.2) is 0 Å². The maximum absolute atomic E-state index is 11.6. The van der Waals surface area contributed by atoms with Gasteiger partial charge in [-0.15, -0.1) is 0 Å². The first-order valence-electron chi connectivity index (χ1n) is 6.96. The van der Waals surface area contributed by atoms with Crippen LogP contribution in [0.5, 0.6) is 0 Å². The average molecular weight is 369 g/mol. The van der Waals surface area contributed by atoms with Crippen molar-refractivity contribution in [3.63, 3.8) is 0 Å². The molecule has 8 nitrogen and oxygen atoms in total. The zero-order chi connectivity index (χ0) is 18.1. The molecule has 0 aliphatic heterocycles. The molecule has 0 heterocycles. The van der Waals surface area contributed by atoms with Gasteiger partial charge in [-0.05, 0) is 13.3 Å². The van der Waals surface area contributed by atoms with E-state index in [0.717, 1.165) is 0 Å². The lowest BCUT2D eigenvalue weighted by Gasteiger charge is -2.39. The van der Waals surface area contributed by atoms with Gasteiger partial charge in [-0.1, -0.05) is 6.58 Å². The first-order chi connectivity index (χ1) is 10.8. The normalized spacial score (nSPS) is 12.5. The fourth-order valence-electron chi connectivity index (χ4n) is 2.32. The molecule has 0 amide bonds. The summed E-state index contributed by atoms with van der Waals surface area (Å²) in [5, 5.41) is -0.465. The highest BCUT2D eigenvalue weighted by Gasteiger charge is 2.63. The quantitative estimate of drug-likeness (QED) is 0.288. The Labute approximate surface area is 140 Å². The molecular weight excluding hydrogens is 340 g/mol. The van der Waals surface area contributed by atoms with Crippen LogP contribution in [0, 0.1) is 0 Å². The summed E-state index contributed by atoms with van der Waals surface area (Å²) >= 11 is 0. The Balaban J connectivity index is 5.45. The van der Waals surface area contributed by atoms with Crippen LogP contribution in [0.4, 0.5) is 0 Å². The molecule has 0 radical (unpaired) electrons. The zero-order valence-corrected chi connectivity index (χ0v) is 17.0. The Kier molecular flexibility index (Phi) is 10.0. The first-order valence-corrected chi connectivity index (χ1v) is 10.6. The lowest BCUT2D eigenvalue weighted by molar-refractivity contribution is -0.139. The van der Waals surface area contributed by atoms with Gasteiger partial charge >= 0.3 is 23.6 Å². The summed E-state index contributed by atoms with van der Waals surface area (Å²) in [5.41, 5.74) is 0.323. The SMILES string of the molecule is C=C(C)C(=O)OCCC([Si](OC)(OC)OC)[Si](OC)(OC)OC. The van der Waals surface area contributed by atoms with E-state index in [4.69, 9.17) is 31.3 Å². The zero-order valence-electron chi connectivity index (χ0n) is 15.0. The number of hydrogen-bond donors (Lipinski definition) is 0. The third-order valence-electron chi connectivity index (χ3n) is 3.55. The molecule has 23 heavy (non-hydrogen) atoms. The van der Waals surface area contributed by atoms with Crippen LogP contribution < -0.4 is 0 Å². The van der Waals surface area contributed by atoms with Crippen molar-refractivity contribution >= 4 is 23.6 Å². The van der Waals surface area contributed by atoms with Gasteiger partial charge in [0.2, 0.25) is 0 Å². The maximum Gasteiger partial charge on any atom is 0.508 e. The molecule has 0 aromatic rings. The number of carbonyl (C=O) groups excluding carboxylic acids is 1. The molecule has 0 aliphatic carbocycles. The van der Waals surface area contributed by atoms with E-state index in [0.29, 0.717) is 12.0 Å². The van der Waals surface area contributed by atoms with Crippen LogP contribution in [0.15, 0.2) is 12.2 Å². The van der Waals surface area contributed by atoms with E-state index in [2.05, 4.69) is 6.58 Å². The number of esters is 1. The van der Waals surface area contributed by atoms with Crippen molar-refractivity contribution in [3.05, 3.63) is 12.2 Å². The van der Waals surface area contributed by atoms with Gasteiger partial charge in [-0.25, -0.2) is 4.79 Å². The molecule has 0 rings (SSSR count). The lowest BCUT2D eigenvalue weighted by atomic mass is 10.4. The van der Waals surface area contributed by atoms with E-state index < -0.39 is 28.7 Å². The highest BCUT2D eigenvalue weighted by atomic mass is 28.5. The molecule has 0 aromatic carbocycles. The molecule has 0 N–H and O–H groups in total. The van der Waals surface area contributed by atoms with Crippen LogP contribution >= 0.6 is 0 Å².